The van der Waals surface area contributed by atoms with Gasteiger partial charge in [0, 0.05) is 30.2 Å². The quantitative estimate of drug-likeness (QED) is 0.758. The molecular weight excluding hydrogens is 352 g/mol. The van der Waals surface area contributed by atoms with E-state index in [4.69, 9.17) is 16.3 Å². The predicted octanol–water partition coefficient (Wildman–Crippen LogP) is 3.28. The topological polar surface area (TPSA) is 49.9 Å². The van der Waals surface area contributed by atoms with E-state index in [1.165, 1.54) is 6.08 Å². The summed E-state index contributed by atoms with van der Waals surface area (Å²) < 4.78 is 5.96. The van der Waals surface area contributed by atoms with Crippen LogP contribution >= 0.6 is 11.6 Å². The first kappa shape index (κ1) is 18.8. The first-order valence-corrected chi connectivity index (χ1v) is 9.33. The smallest absolute Gasteiger partial charge is 0.266 e. The lowest BCUT2D eigenvalue weighted by molar-refractivity contribution is -0.167. The molecule has 0 unspecified atom stereocenters. The molecule has 2 aliphatic rings. The highest BCUT2D eigenvalue weighted by atomic mass is 35.5. The molecule has 0 aromatic heterocycles. The van der Waals surface area contributed by atoms with Gasteiger partial charge in [-0.3, -0.25) is 9.59 Å². The highest BCUT2D eigenvalue weighted by Crippen LogP contribution is 2.41. The van der Waals surface area contributed by atoms with Gasteiger partial charge in [0.15, 0.2) is 5.60 Å². The zero-order valence-corrected chi connectivity index (χ0v) is 16.1. The van der Waals surface area contributed by atoms with Gasteiger partial charge in [0.25, 0.3) is 5.91 Å². The van der Waals surface area contributed by atoms with Crippen molar-refractivity contribution in [3.63, 3.8) is 0 Å². The normalized spacial score (nSPS) is 19.0. The first-order chi connectivity index (χ1) is 12.3. The Bertz CT molecular complexity index is 706. The minimum Gasteiger partial charge on any atom is -0.478 e. The summed E-state index contributed by atoms with van der Waals surface area (Å²) in [6.45, 7) is 9.20. The summed E-state index contributed by atoms with van der Waals surface area (Å²) in [6.07, 6.45) is 3.93. The molecule has 26 heavy (non-hydrogen) atoms. The van der Waals surface area contributed by atoms with Crippen molar-refractivity contribution in [2.45, 2.75) is 44.2 Å². The Morgan fingerprint density at radius 3 is 2.23 bits per heavy atom. The monoisotopic (exact) mass is 376 g/mol. The van der Waals surface area contributed by atoms with Crippen LogP contribution in [0, 0.1) is 0 Å². The summed E-state index contributed by atoms with van der Waals surface area (Å²) in [5.74, 6) is 0.569. The molecule has 5 nitrogen and oxygen atoms in total. The van der Waals surface area contributed by atoms with E-state index in [0.29, 0.717) is 23.9 Å². The van der Waals surface area contributed by atoms with E-state index in [1.807, 2.05) is 4.90 Å². The maximum Gasteiger partial charge on any atom is 0.266 e. The Hall–Kier alpha value is -2.01. The number of carbonyl (C=O) groups is 2. The van der Waals surface area contributed by atoms with Crippen LogP contribution in [0.15, 0.2) is 36.9 Å². The summed E-state index contributed by atoms with van der Waals surface area (Å²) in [7, 11) is 0. The van der Waals surface area contributed by atoms with Gasteiger partial charge in [-0.2, -0.15) is 0 Å². The number of rotatable bonds is 4. The molecular formula is C20H25ClN2O3. The summed E-state index contributed by atoms with van der Waals surface area (Å²) in [4.78, 5) is 28.7. The van der Waals surface area contributed by atoms with E-state index in [-0.39, 0.29) is 17.4 Å². The van der Waals surface area contributed by atoms with Crippen molar-refractivity contribution in [1.82, 2.24) is 9.80 Å². The third kappa shape index (κ3) is 3.45. The number of benzene rings is 1. The van der Waals surface area contributed by atoms with Gasteiger partial charge in [-0.05, 0) is 63.5 Å². The van der Waals surface area contributed by atoms with E-state index >= 15 is 0 Å². The van der Waals surface area contributed by atoms with Crippen LogP contribution in [0.1, 0.15) is 33.1 Å². The van der Waals surface area contributed by atoms with Crippen molar-refractivity contribution < 1.29 is 14.3 Å². The van der Waals surface area contributed by atoms with Crippen LogP contribution in [-0.4, -0.2) is 52.4 Å². The van der Waals surface area contributed by atoms with Crippen LogP contribution in [0.4, 0.5) is 0 Å². The van der Waals surface area contributed by atoms with Crippen molar-refractivity contribution in [2.75, 3.05) is 19.6 Å². The van der Waals surface area contributed by atoms with E-state index < -0.39 is 5.60 Å². The van der Waals surface area contributed by atoms with E-state index in [2.05, 4.69) is 6.58 Å². The van der Waals surface area contributed by atoms with Crippen molar-refractivity contribution in [3.8, 4) is 5.75 Å². The number of hydrogen-bond donors (Lipinski definition) is 0. The van der Waals surface area contributed by atoms with Crippen molar-refractivity contribution in [2.24, 2.45) is 0 Å². The largest absolute Gasteiger partial charge is 0.478 e. The maximum absolute atomic E-state index is 13.1. The molecule has 2 saturated heterocycles. The molecule has 2 fully saturated rings. The summed E-state index contributed by atoms with van der Waals surface area (Å²) in [5, 5.41) is 0.629. The van der Waals surface area contributed by atoms with Gasteiger partial charge in [-0.1, -0.05) is 18.2 Å². The second kappa shape index (κ2) is 6.95. The molecule has 0 atom stereocenters. The number of carbonyl (C=O) groups excluding carboxylic acids is 2. The third-order valence-electron chi connectivity index (χ3n) is 5.50. The Labute approximate surface area is 159 Å². The molecule has 2 aliphatic heterocycles. The Kier molecular flexibility index (Phi) is 5.02. The average Bonchev–Trinajstić information content (AvgIpc) is 2.62. The summed E-state index contributed by atoms with van der Waals surface area (Å²) >= 11 is 5.90. The fraction of sp³-hybridized carbons (Fsp3) is 0.500. The van der Waals surface area contributed by atoms with Gasteiger partial charge >= 0.3 is 0 Å². The summed E-state index contributed by atoms with van der Waals surface area (Å²) in [6, 6.07) is 7.02. The molecule has 140 valence electrons. The molecule has 0 N–H and O–H groups in total. The number of nitrogens with zero attached hydrogens (tertiary/aromatic N) is 2. The van der Waals surface area contributed by atoms with Crippen LogP contribution < -0.4 is 4.74 Å². The lowest BCUT2D eigenvalue weighted by atomic mass is 9.75. The van der Waals surface area contributed by atoms with Crippen LogP contribution in [0.3, 0.4) is 0 Å². The fourth-order valence-corrected chi connectivity index (χ4v) is 3.94. The number of ether oxygens (including phenoxy) is 1. The molecule has 0 saturated carbocycles. The zero-order valence-electron chi connectivity index (χ0n) is 15.3. The zero-order chi connectivity index (χ0) is 18.9. The molecule has 1 aromatic carbocycles. The molecule has 0 bridgehead atoms. The molecule has 2 amide bonds. The third-order valence-corrected chi connectivity index (χ3v) is 5.75. The van der Waals surface area contributed by atoms with Crippen molar-refractivity contribution in [3.05, 3.63) is 41.9 Å². The van der Waals surface area contributed by atoms with Gasteiger partial charge < -0.3 is 14.5 Å². The van der Waals surface area contributed by atoms with Crippen LogP contribution in [0.5, 0.6) is 5.75 Å². The van der Waals surface area contributed by atoms with Gasteiger partial charge in [0.05, 0.1) is 0 Å². The van der Waals surface area contributed by atoms with E-state index in [0.717, 1.165) is 25.8 Å². The van der Waals surface area contributed by atoms with Crippen molar-refractivity contribution in [1.29, 1.82) is 0 Å². The Balaban J connectivity index is 1.66. The van der Waals surface area contributed by atoms with Gasteiger partial charge in [0.2, 0.25) is 5.91 Å². The lowest BCUT2D eigenvalue weighted by Gasteiger charge is -2.57. The summed E-state index contributed by atoms with van der Waals surface area (Å²) in [5.41, 5.74) is -1.11. The van der Waals surface area contributed by atoms with Crippen LogP contribution in [-0.2, 0) is 9.59 Å². The predicted molar refractivity (Wildman–Crippen MR) is 101 cm³/mol. The van der Waals surface area contributed by atoms with Crippen LogP contribution in [0.2, 0.25) is 5.02 Å². The van der Waals surface area contributed by atoms with E-state index in [1.54, 1.807) is 43.0 Å². The number of piperidine rings is 1. The number of halogens is 1. The Morgan fingerprint density at radius 2 is 1.73 bits per heavy atom. The standard InChI is InChI=1S/C20H25ClN2O3/c1-4-17(24)22-12-9-20(10-13-22)11-14-23(20)18(25)19(2,3)26-16-7-5-15(21)6-8-16/h4-8H,1,9-14H2,2-3H3. The number of likely N-dealkylation sites (tertiary alicyclic amines) is 2. The number of hydrogen-bond acceptors (Lipinski definition) is 3. The first-order valence-electron chi connectivity index (χ1n) is 8.95. The highest BCUT2D eigenvalue weighted by Gasteiger charge is 2.52. The van der Waals surface area contributed by atoms with Gasteiger partial charge in [-0.15, -0.1) is 0 Å². The average molecular weight is 377 g/mol. The fourth-order valence-electron chi connectivity index (χ4n) is 3.82. The molecule has 0 radical (unpaired) electrons. The van der Waals surface area contributed by atoms with E-state index in [9.17, 15) is 9.59 Å². The molecule has 6 heteroatoms. The highest BCUT2D eigenvalue weighted by molar-refractivity contribution is 6.30. The minimum absolute atomic E-state index is 0.0119. The number of amides is 2. The molecule has 1 aromatic rings. The molecule has 0 aliphatic carbocycles. The van der Waals surface area contributed by atoms with Gasteiger partial charge in [0.1, 0.15) is 5.75 Å². The minimum atomic E-state index is -0.963. The Morgan fingerprint density at radius 1 is 1.15 bits per heavy atom. The van der Waals surface area contributed by atoms with Crippen LogP contribution in [0.25, 0.3) is 0 Å². The second-order valence-electron chi connectivity index (χ2n) is 7.53. The van der Waals surface area contributed by atoms with Gasteiger partial charge in [-0.25, -0.2) is 0 Å². The SMILES string of the molecule is C=CC(=O)N1CCC2(CC1)CCN2C(=O)C(C)(C)Oc1ccc(Cl)cc1. The molecule has 2 heterocycles. The second-order valence-corrected chi connectivity index (χ2v) is 7.96. The molecule has 1 spiro atoms. The lowest BCUT2D eigenvalue weighted by Crippen LogP contribution is -2.69. The molecule has 3 rings (SSSR count). The van der Waals surface area contributed by atoms with Crippen molar-refractivity contribution >= 4 is 23.4 Å². The maximum atomic E-state index is 13.1.